The van der Waals surface area contributed by atoms with Crippen molar-refractivity contribution in [3.63, 3.8) is 0 Å². The summed E-state index contributed by atoms with van der Waals surface area (Å²) in [6.07, 6.45) is 5.87. The zero-order valence-electron chi connectivity index (χ0n) is 15.9. The van der Waals surface area contributed by atoms with Crippen molar-refractivity contribution in [2.75, 3.05) is 33.2 Å². The molecule has 146 valence electrons. The standard InChI is InChI=1S/C20H31FN4.HI/c1-3-12-25-13-8-18(9-14-25)24-19(22-2)23-15-20(10-11-20)16-4-6-17(21)7-5-16;/h4-7,18H,3,8-15H2,1-2H3,(H2,22,23,24);1H. The summed E-state index contributed by atoms with van der Waals surface area (Å²) in [6, 6.07) is 7.46. The smallest absolute Gasteiger partial charge is 0.191 e. The van der Waals surface area contributed by atoms with Gasteiger partial charge in [0, 0.05) is 38.1 Å². The van der Waals surface area contributed by atoms with Crippen LogP contribution in [0, 0.1) is 5.82 Å². The molecule has 0 amide bonds. The lowest BCUT2D eigenvalue weighted by atomic mass is 9.96. The van der Waals surface area contributed by atoms with Crippen molar-refractivity contribution in [3.05, 3.63) is 35.6 Å². The first kappa shape index (κ1) is 21.4. The van der Waals surface area contributed by atoms with E-state index in [1.165, 1.54) is 44.5 Å². The second-order valence-electron chi connectivity index (χ2n) is 7.47. The number of rotatable bonds is 6. The fraction of sp³-hybridized carbons (Fsp3) is 0.650. The Morgan fingerprint density at radius 2 is 1.88 bits per heavy atom. The summed E-state index contributed by atoms with van der Waals surface area (Å²) < 4.78 is 13.2. The molecule has 1 heterocycles. The van der Waals surface area contributed by atoms with E-state index in [4.69, 9.17) is 0 Å². The minimum atomic E-state index is -0.167. The minimum absolute atomic E-state index is 0. The Hall–Kier alpha value is -0.890. The van der Waals surface area contributed by atoms with Gasteiger partial charge in [-0.3, -0.25) is 4.99 Å². The second-order valence-corrected chi connectivity index (χ2v) is 7.47. The predicted octanol–water partition coefficient (Wildman–Crippen LogP) is 3.51. The Balaban J connectivity index is 0.00000243. The molecule has 0 bridgehead atoms. The summed E-state index contributed by atoms with van der Waals surface area (Å²) in [6.45, 7) is 6.64. The van der Waals surface area contributed by atoms with Crippen molar-refractivity contribution < 1.29 is 4.39 Å². The summed E-state index contributed by atoms with van der Waals surface area (Å²) in [5.74, 6) is 0.724. The zero-order chi connectivity index (χ0) is 17.7. The van der Waals surface area contributed by atoms with Gasteiger partial charge in [-0.2, -0.15) is 0 Å². The molecule has 0 atom stereocenters. The van der Waals surface area contributed by atoms with Crippen LogP contribution in [0.3, 0.4) is 0 Å². The first-order chi connectivity index (χ1) is 12.1. The Kier molecular flexibility index (Phi) is 8.13. The third-order valence-electron chi connectivity index (χ3n) is 5.60. The Morgan fingerprint density at radius 3 is 2.42 bits per heavy atom. The Morgan fingerprint density at radius 1 is 1.23 bits per heavy atom. The van der Waals surface area contributed by atoms with E-state index in [0.717, 1.165) is 25.3 Å². The van der Waals surface area contributed by atoms with Gasteiger partial charge in [-0.25, -0.2) is 4.39 Å². The molecule has 2 N–H and O–H groups in total. The molecule has 1 aliphatic heterocycles. The zero-order valence-corrected chi connectivity index (χ0v) is 18.3. The Labute approximate surface area is 174 Å². The first-order valence-electron chi connectivity index (χ1n) is 9.61. The monoisotopic (exact) mass is 474 g/mol. The van der Waals surface area contributed by atoms with Gasteiger partial charge in [0.25, 0.3) is 0 Å². The first-order valence-corrected chi connectivity index (χ1v) is 9.61. The lowest BCUT2D eigenvalue weighted by Crippen LogP contribution is -2.49. The van der Waals surface area contributed by atoms with Crippen molar-refractivity contribution >= 4 is 29.9 Å². The highest BCUT2D eigenvalue weighted by Gasteiger charge is 2.44. The van der Waals surface area contributed by atoms with Crippen LogP contribution >= 0.6 is 24.0 Å². The number of benzene rings is 1. The lowest BCUT2D eigenvalue weighted by Gasteiger charge is -2.33. The molecule has 2 aliphatic rings. The molecule has 1 aromatic rings. The molecule has 1 aliphatic carbocycles. The molecule has 0 unspecified atom stereocenters. The van der Waals surface area contributed by atoms with Crippen molar-refractivity contribution in [3.8, 4) is 0 Å². The number of aliphatic imine (C=N–C) groups is 1. The average molecular weight is 474 g/mol. The average Bonchev–Trinajstić information content (AvgIpc) is 3.42. The molecule has 6 heteroatoms. The minimum Gasteiger partial charge on any atom is -0.356 e. The lowest BCUT2D eigenvalue weighted by molar-refractivity contribution is 0.206. The van der Waals surface area contributed by atoms with Gasteiger partial charge in [0.15, 0.2) is 5.96 Å². The second kappa shape index (κ2) is 9.88. The van der Waals surface area contributed by atoms with E-state index >= 15 is 0 Å². The quantitative estimate of drug-likeness (QED) is 0.377. The largest absolute Gasteiger partial charge is 0.356 e. The van der Waals surface area contributed by atoms with E-state index in [1.54, 1.807) is 12.1 Å². The molecule has 0 spiro atoms. The third-order valence-corrected chi connectivity index (χ3v) is 5.60. The summed E-state index contributed by atoms with van der Waals surface area (Å²) >= 11 is 0. The van der Waals surface area contributed by atoms with E-state index in [2.05, 4.69) is 27.4 Å². The van der Waals surface area contributed by atoms with Crippen molar-refractivity contribution in [1.29, 1.82) is 0 Å². The molecule has 1 aromatic carbocycles. The van der Waals surface area contributed by atoms with Crippen LogP contribution < -0.4 is 10.6 Å². The van der Waals surface area contributed by atoms with Gasteiger partial charge in [0.1, 0.15) is 5.82 Å². The summed E-state index contributed by atoms with van der Waals surface area (Å²) in [7, 11) is 1.83. The summed E-state index contributed by atoms with van der Waals surface area (Å²) in [5.41, 5.74) is 1.38. The van der Waals surface area contributed by atoms with Gasteiger partial charge < -0.3 is 15.5 Å². The van der Waals surface area contributed by atoms with Crippen LogP contribution in [0.25, 0.3) is 0 Å². The van der Waals surface area contributed by atoms with Gasteiger partial charge >= 0.3 is 0 Å². The maximum absolute atomic E-state index is 13.2. The van der Waals surface area contributed by atoms with Gasteiger partial charge in [0.05, 0.1) is 0 Å². The van der Waals surface area contributed by atoms with Crippen LogP contribution in [0.2, 0.25) is 0 Å². The van der Waals surface area contributed by atoms with Crippen molar-refractivity contribution in [2.24, 2.45) is 4.99 Å². The van der Waals surface area contributed by atoms with Crippen LogP contribution in [0.4, 0.5) is 4.39 Å². The molecule has 1 saturated carbocycles. The number of nitrogens with zero attached hydrogens (tertiary/aromatic N) is 2. The van der Waals surface area contributed by atoms with Gasteiger partial charge in [0.2, 0.25) is 0 Å². The van der Waals surface area contributed by atoms with Gasteiger partial charge in [-0.15, -0.1) is 24.0 Å². The van der Waals surface area contributed by atoms with Crippen LogP contribution in [0.15, 0.2) is 29.3 Å². The topological polar surface area (TPSA) is 39.7 Å². The molecular formula is C20H32FIN4. The molecule has 3 rings (SSSR count). The van der Waals surface area contributed by atoms with Crippen LogP contribution in [0.1, 0.15) is 44.6 Å². The van der Waals surface area contributed by atoms with Crippen LogP contribution in [-0.2, 0) is 5.41 Å². The number of piperidine rings is 1. The number of halogens is 2. The highest BCUT2D eigenvalue weighted by atomic mass is 127. The molecule has 4 nitrogen and oxygen atoms in total. The van der Waals surface area contributed by atoms with E-state index in [9.17, 15) is 4.39 Å². The number of hydrogen-bond acceptors (Lipinski definition) is 2. The molecule has 0 aromatic heterocycles. The molecular weight excluding hydrogens is 442 g/mol. The maximum Gasteiger partial charge on any atom is 0.191 e. The van der Waals surface area contributed by atoms with Gasteiger partial charge in [-0.05, 0) is 56.3 Å². The predicted molar refractivity (Wildman–Crippen MR) is 117 cm³/mol. The van der Waals surface area contributed by atoms with E-state index in [1.807, 2.05) is 19.2 Å². The highest BCUT2D eigenvalue weighted by Crippen LogP contribution is 2.47. The molecule has 2 fully saturated rings. The summed E-state index contributed by atoms with van der Waals surface area (Å²) in [4.78, 5) is 6.94. The summed E-state index contributed by atoms with van der Waals surface area (Å²) in [5, 5.41) is 7.08. The third kappa shape index (κ3) is 5.55. The fourth-order valence-electron chi connectivity index (χ4n) is 3.78. The molecule has 26 heavy (non-hydrogen) atoms. The van der Waals surface area contributed by atoms with Crippen LogP contribution in [-0.4, -0.2) is 50.1 Å². The van der Waals surface area contributed by atoms with Crippen molar-refractivity contribution in [1.82, 2.24) is 15.5 Å². The number of guanidine groups is 1. The maximum atomic E-state index is 13.2. The van der Waals surface area contributed by atoms with Crippen LogP contribution in [0.5, 0.6) is 0 Å². The number of nitrogens with one attached hydrogen (secondary N) is 2. The normalized spacial score (nSPS) is 20.3. The highest BCUT2D eigenvalue weighted by molar-refractivity contribution is 14.0. The van der Waals surface area contributed by atoms with E-state index in [0.29, 0.717) is 6.04 Å². The van der Waals surface area contributed by atoms with E-state index < -0.39 is 0 Å². The SMILES string of the molecule is CCCN1CCC(NC(=NC)NCC2(c3ccc(F)cc3)CC2)CC1.I. The van der Waals surface area contributed by atoms with Gasteiger partial charge in [-0.1, -0.05) is 19.1 Å². The number of likely N-dealkylation sites (tertiary alicyclic amines) is 1. The fourth-order valence-corrected chi connectivity index (χ4v) is 3.78. The van der Waals surface area contributed by atoms with Crippen molar-refractivity contribution in [2.45, 2.75) is 50.5 Å². The molecule has 0 radical (unpaired) electrons. The molecule has 1 saturated heterocycles. The number of hydrogen-bond donors (Lipinski definition) is 2. The van der Waals surface area contributed by atoms with E-state index in [-0.39, 0.29) is 35.2 Å². The Bertz CT molecular complexity index is 578.